The summed E-state index contributed by atoms with van der Waals surface area (Å²) in [6.07, 6.45) is 0. The number of ether oxygens (including phenoxy) is 2. The summed E-state index contributed by atoms with van der Waals surface area (Å²) in [5, 5.41) is 0. The van der Waals surface area contributed by atoms with Crippen LogP contribution in [0.1, 0.15) is 0 Å². The first-order valence-corrected chi connectivity index (χ1v) is 6.99. The Labute approximate surface area is 91.0 Å². The molecule has 0 aliphatic carbocycles. The summed E-state index contributed by atoms with van der Waals surface area (Å²) in [4.78, 5) is 0. The molecule has 0 saturated heterocycles. The second-order valence-corrected chi connectivity index (χ2v) is 4.82. The molecule has 0 heterocycles. The smallest absolute Gasteiger partial charge is 0.120 e. The number of alkyl halides is 2. The molecule has 0 aliphatic rings. The molecule has 0 unspecified atom stereocenters. The average Bonchev–Trinajstić information content (AvgIpc) is 2.10. The van der Waals surface area contributed by atoms with Gasteiger partial charge in [-0.25, -0.2) is 0 Å². The molecule has 0 aromatic rings. The molecule has 0 saturated carbocycles. The number of hydrogen-bond donors (Lipinski definition) is 0. The van der Waals surface area contributed by atoms with Gasteiger partial charge in [-0.1, -0.05) is 44.8 Å². The van der Waals surface area contributed by atoms with Gasteiger partial charge in [0.1, 0.15) is 12.1 Å². The third kappa shape index (κ3) is 11.2. The van der Waals surface area contributed by atoms with Crippen molar-refractivity contribution in [2.24, 2.45) is 0 Å². The summed E-state index contributed by atoms with van der Waals surface area (Å²) in [6, 6.07) is 0.557. The van der Waals surface area contributed by atoms with E-state index in [1.807, 2.05) is 0 Å². The standard InChI is InChI=1S/C6H12Cl2O2S2/c7-5-9-1-3-11-12-4-2-10-6-8/h1-6H2. The second kappa shape index (κ2) is 12.2. The number of hydrogen-bond acceptors (Lipinski definition) is 4. The zero-order chi connectivity index (χ0) is 9.07. The fourth-order valence-electron chi connectivity index (χ4n) is 0.413. The average molecular weight is 251 g/mol. The van der Waals surface area contributed by atoms with Crippen molar-refractivity contribution < 1.29 is 9.47 Å². The van der Waals surface area contributed by atoms with Crippen LogP contribution >= 0.6 is 44.8 Å². The Morgan fingerprint density at radius 1 is 0.833 bits per heavy atom. The van der Waals surface area contributed by atoms with Crippen molar-refractivity contribution in [1.82, 2.24) is 0 Å². The Bertz CT molecular complexity index is 77.9. The van der Waals surface area contributed by atoms with Crippen molar-refractivity contribution in [3.05, 3.63) is 0 Å². The predicted molar refractivity (Wildman–Crippen MR) is 58.3 cm³/mol. The first-order chi connectivity index (χ1) is 5.91. The monoisotopic (exact) mass is 250 g/mol. The topological polar surface area (TPSA) is 18.5 Å². The molecule has 12 heavy (non-hydrogen) atoms. The number of halogens is 2. The maximum atomic E-state index is 5.31. The maximum Gasteiger partial charge on any atom is 0.120 e. The van der Waals surface area contributed by atoms with Gasteiger partial charge in [0, 0.05) is 11.5 Å². The molecule has 0 aromatic carbocycles. The number of rotatable bonds is 9. The van der Waals surface area contributed by atoms with Gasteiger partial charge in [-0.3, -0.25) is 0 Å². The third-order valence-corrected chi connectivity index (χ3v) is 3.50. The maximum absolute atomic E-state index is 5.31. The molecule has 0 amide bonds. The third-order valence-electron chi connectivity index (χ3n) is 0.860. The predicted octanol–water partition coefficient (Wildman–Crippen LogP) is 2.79. The molecular formula is C6H12Cl2O2S2. The summed E-state index contributed by atoms with van der Waals surface area (Å²) < 4.78 is 9.88. The molecule has 0 aromatic heterocycles. The molecule has 0 radical (unpaired) electrons. The fourth-order valence-corrected chi connectivity index (χ4v) is 2.35. The zero-order valence-corrected chi connectivity index (χ0v) is 9.78. The van der Waals surface area contributed by atoms with Crippen molar-refractivity contribution in [3.8, 4) is 0 Å². The molecule has 74 valence electrons. The van der Waals surface area contributed by atoms with Gasteiger partial charge in [0.25, 0.3) is 0 Å². The Balaban J connectivity index is 2.73. The van der Waals surface area contributed by atoms with Gasteiger partial charge in [0.05, 0.1) is 13.2 Å². The van der Waals surface area contributed by atoms with E-state index in [1.165, 1.54) is 0 Å². The minimum atomic E-state index is 0.278. The van der Waals surface area contributed by atoms with Crippen molar-refractivity contribution in [2.75, 3.05) is 36.9 Å². The second-order valence-electron chi connectivity index (χ2n) is 1.68. The van der Waals surface area contributed by atoms with Gasteiger partial charge in [0.15, 0.2) is 0 Å². The highest BCUT2D eigenvalue weighted by molar-refractivity contribution is 8.76. The molecule has 2 nitrogen and oxygen atoms in total. The van der Waals surface area contributed by atoms with Crippen LogP contribution in [0.2, 0.25) is 0 Å². The SMILES string of the molecule is ClCOCCSSCCOCCl. The molecule has 0 atom stereocenters. The van der Waals surface area contributed by atoms with Gasteiger partial charge in [0.2, 0.25) is 0 Å². The first-order valence-electron chi connectivity index (χ1n) is 3.43. The van der Waals surface area contributed by atoms with E-state index < -0.39 is 0 Å². The van der Waals surface area contributed by atoms with Crippen molar-refractivity contribution >= 4 is 44.8 Å². The highest BCUT2D eigenvalue weighted by atomic mass is 35.5. The van der Waals surface area contributed by atoms with Gasteiger partial charge < -0.3 is 9.47 Å². The van der Waals surface area contributed by atoms with Crippen LogP contribution in [-0.2, 0) is 9.47 Å². The quantitative estimate of drug-likeness (QED) is 0.356. The van der Waals surface area contributed by atoms with E-state index in [2.05, 4.69) is 0 Å². The molecule has 0 aliphatic heterocycles. The summed E-state index contributed by atoms with van der Waals surface area (Å²) in [6.45, 7) is 1.41. The van der Waals surface area contributed by atoms with Crippen molar-refractivity contribution in [1.29, 1.82) is 0 Å². The minimum absolute atomic E-state index is 0.278. The van der Waals surface area contributed by atoms with Gasteiger partial charge >= 0.3 is 0 Å². The highest BCUT2D eigenvalue weighted by Crippen LogP contribution is 2.20. The summed E-state index contributed by atoms with van der Waals surface area (Å²) in [5.74, 6) is 1.91. The zero-order valence-electron chi connectivity index (χ0n) is 6.63. The van der Waals surface area contributed by atoms with Gasteiger partial charge in [-0.15, -0.1) is 0 Å². The van der Waals surface area contributed by atoms with Crippen LogP contribution < -0.4 is 0 Å². The van der Waals surface area contributed by atoms with E-state index in [4.69, 9.17) is 32.7 Å². The summed E-state index contributed by atoms with van der Waals surface area (Å²) in [5.41, 5.74) is 0. The lowest BCUT2D eigenvalue weighted by atomic mass is 10.9. The molecule has 6 heteroatoms. The van der Waals surface area contributed by atoms with Crippen LogP contribution in [0.5, 0.6) is 0 Å². The van der Waals surface area contributed by atoms with Crippen LogP contribution in [0.3, 0.4) is 0 Å². The van der Waals surface area contributed by atoms with E-state index in [-0.39, 0.29) is 12.1 Å². The fraction of sp³-hybridized carbons (Fsp3) is 1.00. The van der Waals surface area contributed by atoms with Crippen LogP contribution in [0, 0.1) is 0 Å². The Kier molecular flexibility index (Phi) is 13.4. The van der Waals surface area contributed by atoms with E-state index in [0.717, 1.165) is 11.5 Å². The molecule has 0 bridgehead atoms. The van der Waals surface area contributed by atoms with Gasteiger partial charge in [-0.05, 0) is 0 Å². The van der Waals surface area contributed by atoms with E-state index >= 15 is 0 Å². The van der Waals surface area contributed by atoms with Gasteiger partial charge in [-0.2, -0.15) is 0 Å². The largest absolute Gasteiger partial charge is 0.365 e. The lowest BCUT2D eigenvalue weighted by molar-refractivity contribution is 0.198. The Morgan fingerprint density at radius 2 is 1.25 bits per heavy atom. The Morgan fingerprint density at radius 3 is 1.58 bits per heavy atom. The van der Waals surface area contributed by atoms with Crippen LogP contribution in [0.25, 0.3) is 0 Å². The molecule has 0 rings (SSSR count). The minimum Gasteiger partial charge on any atom is -0.365 e. The van der Waals surface area contributed by atoms with Crippen LogP contribution in [0.15, 0.2) is 0 Å². The Hall–Kier alpha value is 1.20. The van der Waals surface area contributed by atoms with E-state index in [9.17, 15) is 0 Å². The van der Waals surface area contributed by atoms with Crippen LogP contribution in [-0.4, -0.2) is 36.9 Å². The highest BCUT2D eigenvalue weighted by Gasteiger charge is 1.90. The lowest BCUT2D eigenvalue weighted by Crippen LogP contribution is -1.95. The summed E-state index contributed by atoms with van der Waals surface area (Å²) >= 11 is 10.6. The normalized spacial score (nSPS) is 10.5. The lowest BCUT2D eigenvalue weighted by Gasteiger charge is -2.00. The molecule has 0 N–H and O–H groups in total. The van der Waals surface area contributed by atoms with Crippen LogP contribution in [0.4, 0.5) is 0 Å². The van der Waals surface area contributed by atoms with E-state index in [0.29, 0.717) is 13.2 Å². The first kappa shape index (κ1) is 13.2. The molecule has 0 spiro atoms. The molecular weight excluding hydrogens is 239 g/mol. The summed E-state index contributed by atoms with van der Waals surface area (Å²) in [7, 11) is 3.51. The van der Waals surface area contributed by atoms with E-state index in [1.54, 1.807) is 21.6 Å². The van der Waals surface area contributed by atoms with Crippen molar-refractivity contribution in [2.45, 2.75) is 0 Å². The van der Waals surface area contributed by atoms with Crippen molar-refractivity contribution in [3.63, 3.8) is 0 Å². The molecule has 0 fully saturated rings.